The first kappa shape index (κ1) is 29.0. The summed E-state index contributed by atoms with van der Waals surface area (Å²) in [5.74, 6) is 1.87. The van der Waals surface area contributed by atoms with Gasteiger partial charge in [0.2, 0.25) is 0 Å². The molecule has 0 heterocycles. The Kier molecular flexibility index (Phi) is 24.3. The molecule has 0 saturated heterocycles. The van der Waals surface area contributed by atoms with Crippen molar-refractivity contribution in [3.63, 3.8) is 0 Å². The van der Waals surface area contributed by atoms with E-state index in [1.165, 1.54) is 148 Å². The van der Waals surface area contributed by atoms with Crippen LogP contribution in [0.5, 0.6) is 0 Å². The Morgan fingerprint density at radius 3 is 0.931 bits per heavy atom. The molecular formula is C29H60. The average Bonchev–Trinajstić information content (AvgIpc) is 2.70. The zero-order valence-electron chi connectivity index (χ0n) is 21.4. The SMILES string of the molecule is CCCCCCC(C)CCCCCCCCCCCCCCCCCCC(C)C. The molecule has 0 radical (unpaired) electrons. The van der Waals surface area contributed by atoms with E-state index in [1.807, 2.05) is 0 Å². The molecule has 0 aromatic carbocycles. The summed E-state index contributed by atoms with van der Waals surface area (Å²) in [6.45, 7) is 9.47. The van der Waals surface area contributed by atoms with E-state index in [2.05, 4.69) is 27.7 Å². The lowest BCUT2D eigenvalue weighted by atomic mass is 9.96. The normalized spacial score (nSPS) is 12.7. The van der Waals surface area contributed by atoms with Crippen LogP contribution in [0, 0.1) is 11.8 Å². The van der Waals surface area contributed by atoms with E-state index in [0.717, 1.165) is 11.8 Å². The van der Waals surface area contributed by atoms with Crippen molar-refractivity contribution < 1.29 is 0 Å². The second-order valence-electron chi connectivity index (χ2n) is 10.6. The van der Waals surface area contributed by atoms with Gasteiger partial charge in [0, 0.05) is 0 Å². The van der Waals surface area contributed by atoms with Gasteiger partial charge in [-0.25, -0.2) is 0 Å². The number of hydrogen-bond acceptors (Lipinski definition) is 0. The molecule has 176 valence electrons. The van der Waals surface area contributed by atoms with Gasteiger partial charge in [0.25, 0.3) is 0 Å². The Labute approximate surface area is 187 Å². The van der Waals surface area contributed by atoms with Crippen LogP contribution in [0.4, 0.5) is 0 Å². The molecule has 0 nitrogen and oxygen atoms in total. The van der Waals surface area contributed by atoms with Gasteiger partial charge in [0.1, 0.15) is 0 Å². The third kappa shape index (κ3) is 26.0. The molecule has 1 unspecified atom stereocenters. The van der Waals surface area contributed by atoms with Crippen molar-refractivity contribution in [2.24, 2.45) is 11.8 Å². The van der Waals surface area contributed by atoms with E-state index in [9.17, 15) is 0 Å². The van der Waals surface area contributed by atoms with Gasteiger partial charge in [-0.1, -0.05) is 175 Å². The molecule has 0 aromatic rings. The van der Waals surface area contributed by atoms with Crippen molar-refractivity contribution in [2.45, 2.75) is 175 Å². The molecule has 0 heteroatoms. The summed E-state index contributed by atoms with van der Waals surface area (Å²) in [6, 6.07) is 0. The molecule has 0 aliphatic carbocycles. The lowest BCUT2D eigenvalue weighted by Crippen LogP contribution is -1.95. The molecule has 0 aliphatic heterocycles. The van der Waals surface area contributed by atoms with Gasteiger partial charge in [-0.2, -0.15) is 0 Å². The van der Waals surface area contributed by atoms with Gasteiger partial charge in [-0.3, -0.25) is 0 Å². The molecule has 0 N–H and O–H groups in total. The van der Waals surface area contributed by atoms with Crippen LogP contribution in [0.1, 0.15) is 175 Å². The van der Waals surface area contributed by atoms with Crippen LogP contribution in [-0.4, -0.2) is 0 Å². The summed E-state index contributed by atoms with van der Waals surface area (Å²) in [5.41, 5.74) is 0. The number of unbranched alkanes of at least 4 members (excludes halogenated alkanes) is 18. The summed E-state index contributed by atoms with van der Waals surface area (Å²) in [4.78, 5) is 0. The highest BCUT2D eigenvalue weighted by atomic mass is 14.1. The van der Waals surface area contributed by atoms with E-state index in [1.54, 1.807) is 0 Å². The summed E-state index contributed by atoms with van der Waals surface area (Å²) >= 11 is 0. The molecule has 0 bridgehead atoms. The predicted octanol–water partition coefficient (Wildman–Crippen LogP) is 11.3. The third-order valence-electron chi connectivity index (χ3n) is 6.78. The maximum absolute atomic E-state index is 2.47. The van der Waals surface area contributed by atoms with Gasteiger partial charge in [0.15, 0.2) is 0 Å². The van der Waals surface area contributed by atoms with Crippen LogP contribution in [-0.2, 0) is 0 Å². The molecule has 0 fully saturated rings. The molecule has 0 rings (SSSR count). The van der Waals surface area contributed by atoms with Crippen LogP contribution in [0.2, 0.25) is 0 Å². The van der Waals surface area contributed by atoms with Gasteiger partial charge < -0.3 is 0 Å². The fourth-order valence-electron chi connectivity index (χ4n) is 4.58. The van der Waals surface area contributed by atoms with Crippen LogP contribution in [0.25, 0.3) is 0 Å². The van der Waals surface area contributed by atoms with Crippen molar-refractivity contribution in [1.29, 1.82) is 0 Å². The average molecular weight is 409 g/mol. The molecule has 0 saturated carbocycles. The Hall–Kier alpha value is 0. The maximum atomic E-state index is 2.47. The minimum atomic E-state index is 0.897. The van der Waals surface area contributed by atoms with Crippen molar-refractivity contribution in [2.75, 3.05) is 0 Å². The zero-order chi connectivity index (χ0) is 21.4. The lowest BCUT2D eigenvalue weighted by molar-refractivity contribution is 0.433. The van der Waals surface area contributed by atoms with Crippen LogP contribution >= 0.6 is 0 Å². The zero-order valence-corrected chi connectivity index (χ0v) is 21.4. The van der Waals surface area contributed by atoms with Gasteiger partial charge >= 0.3 is 0 Å². The van der Waals surface area contributed by atoms with Crippen molar-refractivity contribution >= 4 is 0 Å². The van der Waals surface area contributed by atoms with E-state index >= 15 is 0 Å². The topological polar surface area (TPSA) is 0 Å². The molecule has 1 atom stereocenters. The summed E-state index contributed by atoms with van der Waals surface area (Å²) in [7, 11) is 0. The first-order chi connectivity index (χ1) is 14.2. The second kappa shape index (κ2) is 24.3. The van der Waals surface area contributed by atoms with Gasteiger partial charge in [0.05, 0.1) is 0 Å². The molecule has 0 amide bonds. The summed E-state index contributed by atoms with van der Waals surface area (Å²) in [5, 5.41) is 0. The Bertz CT molecular complexity index is 280. The third-order valence-corrected chi connectivity index (χ3v) is 6.78. The fourth-order valence-corrected chi connectivity index (χ4v) is 4.58. The first-order valence-electron chi connectivity index (χ1n) is 14.2. The monoisotopic (exact) mass is 408 g/mol. The summed E-state index contributed by atoms with van der Waals surface area (Å²) in [6.07, 6.45) is 33.8. The van der Waals surface area contributed by atoms with E-state index in [4.69, 9.17) is 0 Å². The Balaban J connectivity index is 3.08. The fraction of sp³-hybridized carbons (Fsp3) is 1.00. The smallest absolute Gasteiger partial charge is 0.0443 e. The molecule has 0 aliphatic rings. The van der Waals surface area contributed by atoms with E-state index in [-0.39, 0.29) is 0 Å². The Morgan fingerprint density at radius 1 is 0.345 bits per heavy atom. The Morgan fingerprint density at radius 2 is 0.621 bits per heavy atom. The molecule has 0 aromatic heterocycles. The molecule has 29 heavy (non-hydrogen) atoms. The highest BCUT2D eigenvalue weighted by Gasteiger charge is 2.02. The van der Waals surface area contributed by atoms with E-state index in [0.29, 0.717) is 0 Å². The van der Waals surface area contributed by atoms with Gasteiger partial charge in [-0.15, -0.1) is 0 Å². The number of rotatable bonds is 24. The largest absolute Gasteiger partial charge is 0.0654 e. The van der Waals surface area contributed by atoms with Crippen molar-refractivity contribution in [1.82, 2.24) is 0 Å². The lowest BCUT2D eigenvalue weighted by Gasteiger charge is -2.10. The minimum Gasteiger partial charge on any atom is -0.0654 e. The standard InChI is InChI=1S/C29H60/c1-5-6-7-23-26-29(4)27-24-21-19-17-15-13-11-9-8-10-12-14-16-18-20-22-25-28(2)3/h28-29H,5-27H2,1-4H3. The molecular weight excluding hydrogens is 348 g/mol. The first-order valence-corrected chi connectivity index (χ1v) is 14.2. The van der Waals surface area contributed by atoms with Crippen LogP contribution in [0.3, 0.4) is 0 Å². The van der Waals surface area contributed by atoms with Crippen molar-refractivity contribution in [3.05, 3.63) is 0 Å². The predicted molar refractivity (Wildman–Crippen MR) is 136 cm³/mol. The number of hydrogen-bond donors (Lipinski definition) is 0. The minimum absolute atomic E-state index is 0.897. The molecule has 0 spiro atoms. The van der Waals surface area contributed by atoms with Gasteiger partial charge in [-0.05, 0) is 11.8 Å². The van der Waals surface area contributed by atoms with Crippen LogP contribution < -0.4 is 0 Å². The highest BCUT2D eigenvalue weighted by molar-refractivity contribution is 4.56. The quantitative estimate of drug-likeness (QED) is 0.139. The van der Waals surface area contributed by atoms with Crippen molar-refractivity contribution in [3.8, 4) is 0 Å². The van der Waals surface area contributed by atoms with E-state index < -0.39 is 0 Å². The summed E-state index contributed by atoms with van der Waals surface area (Å²) < 4.78 is 0. The second-order valence-corrected chi connectivity index (χ2v) is 10.6. The van der Waals surface area contributed by atoms with Crippen LogP contribution in [0.15, 0.2) is 0 Å². The maximum Gasteiger partial charge on any atom is -0.0443 e. The highest BCUT2D eigenvalue weighted by Crippen LogP contribution is 2.19.